The van der Waals surface area contributed by atoms with Crippen LogP contribution in [0, 0.1) is 5.82 Å². The van der Waals surface area contributed by atoms with Gasteiger partial charge in [-0.05, 0) is 30.2 Å². The van der Waals surface area contributed by atoms with Crippen LogP contribution in [-0.2, 0) is 12.8 Å². The van der Waals surface area contributed by atoms with Crippen LogP contribution in [0.2, 0.25) is 0 Å². The summed E-state index contributed by atoms with van der Waals surface area (Å²) in [5.41, 5.74) is 0.613. The van der Waals surface area contributed by atoms with Crippen LogP contribution in [0.15, 0.2) is 40.8 Å². The van der Waals surface area contributed by atoms with Crippen LogP contribution in [0.25, 0.3) is 0 Å². The maximum absolute atomic E-state index is 13.4. The fourth-order valence-corrected chi connectivity index (χ4v) is 1.99. The van der Waals surface area contributed by atoms with E-state index in [1.807, 2.05) is 25.1 Å². The van der Waals surface area contributed by atoms with E-state index in [0.29, 0.717) is 17.7 Å². The van der Waals surface area contributed by atoms with Crippen molar-refractivity contribution in [2.24, 2.45) is 0 Å². The molecule has 0 amide bonds. The summed E-state index contributed by atoms with van der Waals surface area (Å²) in [5.74, 6) is 1.38. The van der Waals surface area contributed by atoms with Crippen molar-refractivity contribution in [1.29, 1.82) is 0 Å². The second-order valence-electron chi connectivity index (χ2n) is 3.92. The van der Waals surface area contributed by atoms with Crippen LogP contribution in [0.3, 0.4) is 0 Å². The van der Waals surface area contributed by atoms with Gasteiger partial charge in [-0.3, -0.25) is 0 Å². The molecule has 2 rings (SSSR count). The van der Waals surface area contributed by atoms with Crippen molar-refractivity contribution in [3.63, 3.8) is 0 Å². The van der Waals surface area contributed by atoms with Crippen molar-refractivity contribution >= 4 is 11.6 Å². The monoisotopic (exact) mass is 252 g/mol. The molecule has 0 bridgehead atoms. The Morgan fingerprint density at radius 1 is 1.24 bits per heavy atom. The van der Waals surface area contributed by atoms with Gasteiger partial charge in [0, 0.05) is 6.42 Å². The minimum atomic E-state index is -0.327. The molecule has 0 aliphatic rings. The van der Waals surface area contributed by atoms with Crippen molar-refractivity contribution in [3.8, 4) is 0 Å². The molecule has 3 heteroatoms. The number of halogens is 2. The maximum Gasteiger partial charge on any atom is 0.126 e. The Morgan fingerprint density at radius 2 is 2.00 bits per heavy atom. The number of furan rings is 1. The molecule has 0 fully saturated rings. The molecule has 0 spiro atoms. The summed E-state index contributed by atoms with van der Waals surface area (Å²) in [6.45, 7) is 2.02. The fourth-order valence-electron chi connectivity index (χ4n) is 1.71. The second-order valence-corrected chi connectivity index (χ2v) is 4.45. The minimum Gasteiger partial charge on any atom is -0.465 e. The number of alkyl halides is 1. The predicted molar refractivity (Wildman–Crippen MR) is 66.8 cm³/mol. The van der Waals surface area contributed by atoms with E-state index in [0.717, 1.165) is 12.2 Å². The van der Waals surface area contributed by atoms with Gasteiger partial charge in [0.2, 0.25) is 0 Å². The molecule has 0 aliphatic carbocycles. The summed E-state index contributed by atoms with van der Waals surface area (Å²) in [5, 5.41) is -0.327. The summed E-state index contributed by atoms with van der Waals surface area (Å²) >= 11 is 6.22. The van der Waals surface area contributed by atoms with E-state index in [1.165, 1.54) is 6.07 Å². The molecule has 2 aromatic rings. The van der Waals surface area contributed by atoms with Gasteiger partial charge in [-0.25, -0.2) is 4.39 Å². The van der Waals surface area contributed by atoms with Gasteiger partial charge < -0.3 is 4.42 Å². The summed E-state index contributed by atoms with van der Waals surface area (Å²) in [7, 11) is 0. The van der Waals surface area contributed by atoms with E-state index < -0.39 is 0 Å². The summed E-state index contributed by atoms with van der Waals surface area (Å²) in [6.07, 6.45) is 1.27. The molecule has 90 valence electrons. The Morgan fingerprint density at radius 3 is 2.65 bits per heavy atom. The average Bonchev–Trinajstić information content (AvgIpc) is 2.81. The normalized spacial score (nSPS) is 12.6. The lowest BCUT2D eigenvalue weighted by Crippen LogP contribution is -1.97. The first kappa shape index (κ1) is 12.2. The van der Waals surface area contributed by atoms with Gasteiger partial charge in [0.1, 0.15) is 17.3 Å². The largest absolute Gasteiger partial charge is 0.465 e. The van der Waals surface area contributed by atoms with E-state index in [2.05, 4.69) is 0 Å². The number of hydrogen-bond donors (Lipinski definition) is 0. The van der Waals surface area contributed by atoms with E-state index in [9.17, 15) is 4.39 Å². The molecule has 1 aromatic heterocycles. The highest BCUT2D eigenvalue weighted by Crippen LogP contribution is 2.27. The van der Waals surface area contributed by atoms with E-state index in [1.54, 1.807) is 12.1 Å². The molecule has 0 radical (unpaired) electrons. The van der Waals surface area contributed by atoms with Crippen molar-refractivity contribution in [2.45, 2.75) is 25.1 Å². The second kappa shape index (κ2) is 5.37. The summed E-state index contributed by atoms with van der Waals surface area (Å²) in [4.78, 5) is 0. The Kier molecular flexibility index (Phi) is 3.85. The van der Waals surface area contributed by atoms with Gasteiger partial charge >= 0.3 is 0 Å². The highest BCUT2D eigenvalue weighted by atomic mass is 35.5. The number of benzene rings is 1. The van der Waals surface area contributed by atoms with Crippen LogP contribution in [0.5, 0.6) is 0 Å². The molecule has 1 atom stereocenters. The van der Waals surface area contributed by atoms with Crippen molar-refractivity contribution in [2.75, 3.05) is 0 Å². The van der Waals surface area contributed by atoms with Crippen molar-refractivity contribution in [3.05, 3.63) is 59.3 Å². The van der Waals surface area contributed by atoms with Crippen LogP contribution < -0.4 is 0 Å². The fraction of sp³-hybridized carbons (Fsp3) is 0.286. The highest BCUT2D eigenvalue weighted by Gasteiger charge is 2.15. The van der Waals surface area contributed by atoms with Crippen molar-refractivity contribution in [1.82, 2.24) is 0 Å². The third-order valence-corrected chi connectivity index (χ3v) is 3.07. The van der Waals surface area contributed by atoms with E-state index in [4.69, 9.17) is 16.0 Å². The lowest BCUT2D eigenvalue weighted by atomic mass is 10.1. The summed E-state index contributed by atoms with van der Waals surface area (Å²) in [6, 6.07) is 10.4. The Balaban J connectivity index is 2.11. The van der Waals surface area contributed by atoms with Gasteiger partial charge in [0.15, 0.2) is 0 Å². The smallest absolute Gasteiger partial charge is 0.126 e. The minimum absolute atomic E-state index is 0.222. The maximum atomic E-state index is 13.4. The van der Waals surface area contributed by atoms with Crippen molar-refractivity contribution < 1.29 is 8.81 Å². The van der Waals surface area contributed by atoms with Gasteiger partial charge in [-0.15, -0.1) is 11.6 Å². The molecule has 1 heterocycles. The third kappa shape index (κ3) is 2.89. The Bertz CT molecular complexity index is 492. The molecule has 0 aliphatic heterocycles. The van der Waals surface area contributed by atoms with Crippen LogP contribution in [-0.4, -0.2) is 0 Å². The standard InChI is InChI=1S/C14H14ClFO/c1-2-11-7-8-14(17-11)12(15)9-10-5-3-4-6-13(10)16/h3-8,12H,2,9H2,1H3. The van der Waals surface area contributed by atoms with E-state index in [-0.39, 0.29) is 11.2 Å². The number of rotatable bonds is 4. The Labute approximate surface area is 105 Å². The molecular formula is C14H14ClFO. The molecule has 1 unspecified atom stereocenters. The van der Waals surface area contributed by atoms with Crippen LogP contribution >= 0.6 is 11.6 Å². The SMILES string of the molecule is CCc1ccc(C(Cl)Cc2ccccc2F)o1. The molecule has 17 heavy (non-hydrogen) atoms. The first-order chi connectivity index (χ1) is 8.20. The zero-order valence-corrected chi connectivity index (χ0v) is 10.4. The van der Waals surface area contributed by atoms with Crippen LogP contribution in [0.1, 0.15) is 29.4 Å². The molecule has 0 saturated heterocycles. The molecular weight excluding hydrogens is 239 g/mol. The topological polar surface area (TPSA) is 13.1 Å². The molecule has 0 N–H and O–H groups in total. The highest BCUT2D eigenvalue weighted by molar-refractivity contribution is 6.20. The number of aryl methyl sites for hydroxylation is 1. The third-order valence-electron chi connectivity index (χ3n) is 2.70. The lowest BCUT2D eigenvalue weighted by Gasteiger charge is -2.07. The zero-order chi connectivity index (χ0) is 12.3. The Hall–Kier alpha value is -1.28. The van der Waals surface area contributed by atoms with Gasteiger partial charge in [-0.2, -0.15) is 0 Å². The van der Waals surface area contributed by atoms with Gasteiger partial charge in [-0.1, -0.05) is 25.1 Å². The summed E-state index contributed by atoms with van der Waals surface area (Å²) < 4.78 is 19.0. The van der Waals surface area contributed by atoms with E-state index >= 15 is 0 Å². The lowest BCUT2D eigenvalue weighted by molar-refractivity contribution is 0.462. The van der Waals surface area contributed by atoms with Crippen LogP contribution in [0.4, 0.5) is 4.39 Å². The first-order valence-electron chi connectivity index (χ1n) is 5.66. The van der Waals surface area contributed by atoms with Gasteiger partial charge in [0.05, 0.1) is 5.38 Å². The molecule has 0 saturated carbocycles. The molecule has 1 aromatic carbocycles. The van der Waals surface area contributed by atoms with Gasteiger partial charge in [0.25, 0.3) is 0 Å². The predicted octanol–water partition coefficient (Wildman–Crippen LogP) is 4.50. The average molecular weight is 253 g/mol. The molecule has 1 nitrogen and oxygen atoms in total. The number of hydrogen-bond acceptors (Lipinski definition) is 1. The first-order valence-corrected chi connectivity index (χ1v) is 6.10. The zero-order valence-electron chi connectivity index (χ0n) is 9.62. The quantitative estimate of drug-likeness (QED) is 0.730.